The molecule has 0 unspecified atom stereocenters. The van der Waals surface area contributed by atoms with Gasteiger partial charge in [-0.25, -0.2) is 19.2 Å². The summed E-state index contributed by atoms with van der Waals surface area (Å²) in [5.41, 5.74) is 20.6. The topological polar surface area (TPSA) is 317 Å². The summed E-state index contributed by atoms with van der Waals surface area (Å²) < 4.78 is 21.3. The van der Waals surface area contributed by atoms with Gasteiger partial charge in [-0.1, -0.05) is 154 Å². The number of anilines is 8. The maximum atomic E-state index is 12.6. The van der Waals surface area contributed by atoms with E-state index in [4.69, 9.17) is 18.9 Å². The molecule has 0 aliphatic carbocycles. The Balaban J connectivity index is 0.000000176. The first-order valence-electron chi connectivity index (χ1n) is 47.7. The Morgan fingerprint density at radius 3 is 0.891 bits per heavy atom. The Morgan fingerprint density at radius 2 is 0.599 bits per heavy atom. The quantitative estimate of drug-likeness (QED) is 0.0195. The zero-order valence-corrected chi connectivity index (χ0v) is 82.2. The van der Waals surface area contributed by atoms with Crippen LogP contribution in [-0.2, 0) is 60.7 Å². The molecular weight excluding hydrogens is 1730 g/mol. The van der Waals surface area contributed by atoms with E-state index in [1.807, 2.05) is 242 Å². The number of rotatable bonds is 25. The molecule has 0 fully saturated rings. The summed E-state index contributed by atoms with van der Waals surface area (Å²) in [6.07, 6.45) is 3.43. The highest BCUT2D eigenvalue weighted by Crippen LogP contribution is 2.46. The van der Waals surface area contributed by atoms with Crippen molar-refractivity contribution in [3.63, 3.8) is 0 Å². The summed E-state index contributed by atoms with van der Waals surface area (Å²) in [5, 5.41) is 24.8. The molecule has 10 aromatic carbocycles. The fourth-order valence-electron chi connectivity index (χ4n) is 18.0. The molecule has 10 amide bonds. The van der Waals surface area contributed by atoms with E-state index in [0.717, 1.165) is 138 Å². The van der Waals surface area contributed by atoms with Gasteiger partial charge >= 0.3 is 24.4 Å². The van der Waals surface area contributed by atoms with Crippen molar-refractivity contribution in [1.29, 1.82) is 0 Å². The number of amides is 10. The standard InChI is InChI=1S/C31H35N3O4.C29H33N3O3.C26H35N3O3.C25H31N3O4/c1-20(2)38-31(37)33-28-17-21(3)34(22(4)35)29-15-14-25(19-27(28)29)24-11-8-12-26(18-24)32-30(36)16-13-23-9-6-5-7-10-23;1-19(2)35-29(34)31-27-15-20(3)32(21(4)33)28-14-13-24(17-26(27)28)23-11-8-12-25(16-23)30-18-22-9-6-5-7-10-22;1-6-7-13-27-22-10-8-9-20(15-22)21-11-12-25-23(16-21)24(28-26(31)32-17(2)3)14-18(4)29(25)19(5)30;1-6-24(30)26-20-9-7-8-18(13-20)19-10-11-23-21(14-19)22(27-25(31)32-15(2)3)12-16(4)28(23)17(5)29/h5-12,14-15,18-21,28H,13,16-17H2,1-4H3,(H,32,36)(H,33,37);5-14,16-17,19-20,27,30H,15,18H2,1-4H3,(H,31,34);8-12,15-18,24,27H,6-7,13-14H2,1-5H3,(H,28,31);7-11,13-16,22H,6,12H2,1-5H3,(H,26,30)(H,27,31)/t21-,28+;20-,27+;18-,24+;16-,22+/m0000/s1. The first kappa shape index (κ1) is 103. The van der Waals surface area contributed by atoms with E-state index >= 15 is 0 Å². The Morgan fingerprint density at radius 1 is 0.321 bits per heavy atom. The molecule has 0 bridgehead atoms. The normalized spacial score (nSPS) is 17.1. The largest absolute Gasteiger partial charge is 0.447 e. The van der Waals surface area contributed by atoms with Gasteiger partial charge < -0.3 is 81.1 Å². The van der Waals surface area contributed by atoms with Crippen LogP contribution in [-0.4, -0.2) is 115 Å². The summed E-state index contributed by atoms with van der Waals surface area (Å²) in [6, 6.07) is 74.8. The molecule has 4 aliphatic rings. The van der Waals surface area contributed by atoms with Crippen LogP contribution in [0.5, 0.6) is 0 Å². The smallest absolute Gasteiger partial charge is 0.407 e. The number of aryl methyl sites for hydroxylation is 1. The van der Waals surface area contributed by atoms with Crippen molar-refractivity contribution in [2.45, 2.75) is 262 Å². The van der Waals surface area contributed by atoms with Crippen molar-refractivity contribution in [2.75, 3.05) is 47.4 Å². The third-order valence-electron chi connectivity index (χ3n) is 24.0. The lowest BCUT2D eigenvalue weighted by Crippen LogP contribution is -2.45. The Kier molecular flexibility index (Phi) is 36.7. The third-order valence-corrected chi connectivity index (χ3v) is 24.0. The minimum atomic E-state index is -0.481. The second-order valence-corrected chi connectivity index (χ2v) is 36.5. The van der Waals surface area contributed by atoms with Crippen LogP contribution in [0.2, 0.25) is 0 Å². The van der Waals surface area contributed by atoms with Crippen LogP contribution in [0.3, 0.4) is 0 Å². The number of carbonyl (C=O) groups is 10. The maximum absolute atomic E-state index is 12.6. The molecule has 4 aliphatic heterocycles. The number of carbonyl (C=O) groups excluding carboxylic acids is 10. The second-order valence-electron chi connectivity index (χ2n) is 36.5. The van der Waals surface area contributed by atoms with Gasteiger partial charge in [0.1, 0.15) is 0 Å². The summed E-state index contributed by atoms with van der Waals surface area (Å²) in [4.78, 5) is 131. The van der Waals surface area contributed by atoms with Gasteiger partial charge in [0.05, 0.1) is 48.6 Å². The van der Waals surface area contributed by atoms with Crippen molar-refractivity contribution in [2.24, 2.45) is 0 Å². The predicted molar refractivity (Wildman–Crippen MR) is 546 cm³/mol. The van der Waals surface area contributed by atoms with Crippen LogP contribution in [0, 0.1) is 0 Å². The molecule has 0 spiro atoms. The number of ether oxygens (including phenoxy) is 4. The number of benzene rings is 10. The van der Waals surface area contributed by atoms with Gasteiger partial charge in [0.25, 0.3) is 0 Å². The van der Waals surface area contributed by atoms with Crippen LogP contribution in [0.4, 0.5) is 64.7 Å². The van der Waals surface area contributed by atoms with Gasteiger partial charge in [-0.15, -0.1) is 0 Å². The molecule has 4 heterocycles. The maximum Gasteiger partial charge on any atom is 0.407 e. The van der Waals surface area contributed by atoms with Gasteiger partial charge in [-0.05, 0) is 297 Å². The fraction of sp³-hybridized carbons (Fsp3) is 0.369. The van der Waals surface area contributed by atoms with Crippen LogP contribution < -0.4 is 62.1 Å². The number of hydrogen-bond acceptors (Lipinski definition) is 16. The van der Waals surface area contributed by atoms with Crippen molar-refractivity contribution in [3.05, 3.63) is 264 Å². The highest BCUT2D eigenvalue weighted by Gasteiger charge is 2.39. The lowest BCUT2D eigenvalue weighted by atomic mass is 9.89. The molecule has 8 N–H and O–H groups in total. The SMILES string of the molecule is CC(=O)N1c2ccc(-c3cccc(NC(=O)CCc4ccccc4)c3)cc2[C@H](NC(=O)OC(C)C)C[C@@H]1C.CC(=O)N1c2ccc(-c3cccc(NCc4ccccc4)c3)cc2[C@H](NC(=O)OC(C)C)C[C@@H]1C.CCC(=O)Nc1cccc(-c2ccc3c(c2)[C@H](NC(=O)OC(C)C)C[C@H](C)N3C(C)=O)c1.CCCCNc1cccc(-c2ccc3c(c2)[C@H](NC(=O)OC(C)C)C[C@H](C)N3C(C)=O)c1. The van der Waals surface area contributed by atoms with Gasteiger partial charge in [0, 0.05) is 123 Å². The highest BCUT2D eigenvalue weighted by molar-refractivity contribution is 5.99. The number of fused-ring (bicyclic) bond motifs is 4. The zero-order valence-electron chi connectivity index (χ0n) is 82.2. The Bertz CT molecular complexity index is 5890. The number of alkyl carbamates (subject to hydrolysis) is 4. The summed E-state index contributed by atoms with van der Waals surface area (Å²) in [5.74, 6) is -0.199. The Labute approximate surface area is 806 Å². The molecule has 0 radical (unpaired) electrons. The first-order chi connectivity index (χ1) is 65.5. The van der Waals surface area contributed by atoms with E-state index in [-0.39, 0.29) is 108 Å². The molecule has 8 atom stereocenters. The third kappa shape index (κ3) is 28.7. The first-order valence-corrected chi connectivity index (χ1v) is 47.7. The molecule has 722 valence electrons. The van der Waals surface area contributed by atoms with E-state index in [1.54, 1.807) is 65.2 Å². The summed E-state index contributed by atoms with van der Waals surface area (Å²) >= 11 is 0. The minimum absolute atomic E-state index is 0.00294. The molecule has 26 nitrogen and oxygen atoms in total. The average molecular weight is 1860 g/mol. The number of nitrogens with one attached hydrogen (secondary N) is 8. The fourth-order valence-corrected chi connectivity index (χ4v) is 18.0. The molecule has 0 aromatic heterocycles. The number of unbranched alkanes of at least 4 members (excludes halogenated alkanes) is 1. The van der Waals surface area contributed by atoms with Crippen molar-refractivity contribution in [1.82, 2.24) is 21.3 Å². The van der Waals surface area contributed by atoms with E-state index < -0.39 is 24.4 Å². The van der Waals surface area contributed by atoms with Crippen LogP contribution in [0.15, 0.2) is 231 Å². The molecule has 14 rings (SSSR count). The monoisotopic (exact) mass is 1860 g/mol. The Hall–Kier alpha value is -14.3. The number of hydrogen-bond donors (Lipinski definition) is 8. The molecule has 0 saturated carbocycles. The lowest BCUT2D eigenvalue weighted by Gasteiger charge is -2.39. The predicted octanol–water partition coefficient (Wildman–Crippen LogP) is 23.4. The molecule has 26 heteroatoms. The van der Waals surface area contributed by atoms with E-state index in [2.05, 4.69) is 110 Å². The van der Waals surface area contributed by atoms with Crippen molar-refractivity contribution in [3.8, 4) is 44.5 Å². The molecular formula is C111H134N12O14. The number of nitrogens with zero attached hydrogens (tertiary/aromatic N) is 4. The van der Waals surface area contributed by atoms with Crippen LogP contribution >= 0.6 is 0 Å². The summed E-state index contributed by atoms with van der Waals surface area (Å²) in [6.45, 7) is 34.4. The molecule has 10 aromatic rings. The van der Waals surface area contributed by atoms with Gasteiger partial charge in [-0.2, -0.15) is 0 Å². The van der Waals surface area contributed by atoms with Crippen LogP contribution in [0.1, 0.15) is 234 Å². The second kappa shape index (κ2) is 48.8. The minimum Gasteiger partial charge on any atom is -0.447 e. The van der Waals surface area contributed by atoms with Gasteiger partial charge in [0.15, 0.2) is 0 Å². The van der Waals surface area contributed by atoms with Gasteiger partial charge in [-0.3, -0.25) is 28.8 Å². The van der Waals surface area contributed by atoms with E-state index in [1.165, 1.54) is 5.56 Å². The highest BCUT2D eigenvalue weighted by atomic mass is 16.6. The lowest BCUT2D eigenvalue weighted by molar-refractivity contribution is -0.118. The zero-order chi connectivity index (χ0) is 98.8. The average Bonchev–Trinajstić information content (AvgIpc) is 0.779. The van der Waals surface area contributed by atoms with Crippen molar-refractivity contribution >= 4 is 105 Å². The summed E-state index contributed by atoms with van der Waals surface area (Å²) in [7, 11) is 0. The van der Waals surface area contributed by atoms with E-state index in [0.29, 0.717) is 50.6 Å². The van der Waals surface area contributed by atoms with Gasteiger partial charge in [0.2, 0.25) is 35.4 Å². The molecule has 137 heavy (non-hydrogen) atoms. The van der Waals surface area contributed by atoms with Crippen molar-refractivity contribution < 1.29 is 66.9 Å². The van der Waals surface area contributed by atoms with E-state index in [9.17, 15) is 47.9 Å². The van der Waals surface area contributed by atoms with Crippen LogP contribution in [0.25, 0.3) is 44.5 Å². The molecule has 0 saturated heterocycles.